The number of hydrogen-bond donors (Lipinski definition) is 3. The molecule has 2 aliphatic rings. The quantitative estimate of drug-likeness (QED) is 0.291. The molecule has 0 spiro atoms. The number of pyridine rings is 1. The van der Waals surface area contributed by atoms with E-state index in [1.165, 1.54) is 12.0 Å². The Morgan fingerprint density at radius 1 is 1.42 bits per heavy atom. The van der Waals surface area contributed by atoms with Crippen LogP contribution in [0.25, 0.3) is 5.70 Å². The van der Waals surface area contributed by atoms with Gasteiger partial charge in [0.05, 0.1) is 23.4 Å². The van der Waals surface area contributed by atoms with Crippen LogP contribution in [0, 0.1) is 17.2 Å². The second-order valence-electron chi connectivity index (χ2n) is 8.41. The van der Waals surface area contributed by atoms with Crippen molar-refractivity contribution in [3.05, 3.63) is 84.1 Å². The SMILES string of the molecule is CN=C/C=C(\C=C\CC(O)Nc1cccc(C(C)=N)n1)n1cnc(CC2=CC=CC3CC23)c1. The fraction of sp³-hybridized carbons (Fsp3) is 0.308. The third kappa shape index (κ3) is 6.02. The fourth-order valence-electron chi connectivity index (χ4n) is 3.94. The van der Waals surface area contributed by atoms with Gasteiger partial charge in [-0.05, 0) is 49.5 Å². The number of anilines is 1. The maximum absolute atomic E-state index is 10.4. The number of imidazole rings is 1. The van der Waals surface area contributed by atoms with Crippen molar-refractivity contribution >= 4 is 23.4 Å². The number of nitrogens with zero attached hydrogens (tertiary/aromatic N) is 4. The van der Waals surface area contributed by atoms with Crippen molar-refractivity contribution < 1.29 is 5.11 Å². The van der Waals surface area contributed by atoms with E-state index in [-0.39, 0.29) is 0 Å². The van der Waals surface area contributed by atoms with Crippen molar-refractivity contribution in [1.82, 2.24) is 14.5 Å². The number of fused-ring (bicyclic) bond motifs is 1. The van der Waals surface area contributed by atoms with Crippen LogP contribution < -0.4 is 5.32 Å². The summed E-state index contributed by atoms with van der Waals surface area (Å²) in [5, 5.41) is 21.0. The molecular formula is C26H30N6O. The molecule has 0 aromatic carbocycles. The molecule has 0 saturated heterocycles. The van der Waals surface area contributed by atoms with Crippen LogP contribution in [0.15, 0.2) is 77.7 Å². The average molecular weight is 443 g/mol. The number of aromatic nitrogens is 3. The predicted molar refractivity (Wildman–Crippen MR) is 134 cm³/mol. The van der Waals surface area contributed by atoms with E-state index < -0.39 is 6.23 Å². The monoisotopic (exact) mass is 442 g/mol. The zero-order valence-corrected chi connectivity index (χ0v) is 19.0. The van der Waals surface area contributed by atoms with Gasteiger partial charge >= 0.3 is 0 Å². The second kappa shape index (κ2) is 10.4. The first-order chi connectivity index (χ1) is 16.0. The number of allylic oxidation sites excluding steroid dienone is 7. The summed E-state index contributed by atoms with van der Waals surface area (Å²) in [7, 11) is 1.73. The van der Waals surface area contributed by atoms with Crippen LogP contribution in [0.4, 0.5) is 5.82 Å². The Balaban J connectivity index is 1.38. The van der Waals surface area contributed by atoms with Crippen LogP contribution >= 0.6 is 0 Å². The lowest BCUT2D eigenvalue weighted by molar-refractivity contribution is 0.206. The van der Waals surface area contributed by atoms with E-state index in [1.54, 1.807) is 32.3 Å². The maximum atomic E-state index is 10.4. The largest absolute Gasteiger partial charge is 0.373 e. The van der Waals surface area contributed by atoms with Crippen LogP contribution in [0.5, 0.6) is 0 Å². The van der Waals surface area contributed by atoms with Gasteiger partial charge < -0.3 is 20.4 Å². The topological polar surface area (TPSA) is 99.2 Å². The average Bonchev–Trinajstić information content (AvgIpc) is 3.47. The number of aliphatic imine (C=N–C) groups is 1. The molecule has 7 heteroatoms. The summed E-state index contributed by atoms with van der Waals surface area (Å²) in [6, 6.07) is 5.36. The van der Waals surface area contributed by atoms with Crippen molar-refractivity contribution in [2.24, 2.45) is 16.8 Å². The Bertz CT molecular complexity index is 1150. The molecule has 3 atom stereocenters. The Labute approximate surface area is 194 Å². The first-order valence-electron chi connectivity index (χ1n) is 11.2. The normalized spacial score (nSPS) is 20.7. The molecule has 3 unspecified atom stereocenters. The zero-order valence-electron chi connectivity index (χ0n) is 19.0. The van der Waals surface area contributed by atoms with Crippen LogP contribution in [-0.2, 0) is 6.42 Å². The predicted octanol–water partition coefficient (Wildman–Crippen LogP) is 4.26. The van der Waals surface area contributed by atoms with Crippen LogP contribution in [0.2, 0.25) is 0 Å². The van der Waals surface area contributed by atoms with Crippen molar-refractivity contribution in [3.63, 3.8) is 0 Å². The molecule has 33 heavy (non-hydrogen) atoms. The molecule has 2 aromatic rings. The first-order valence-corrected chi connectivity index (χ1v) is 11.2. The molecule has 4 rings (SSSR count). The Morgan fingerprint density at radius 2 is 2.30 bits per heavy atom. The minimum absolute atomic E-state index is 0.383. The fourth-order valence-corrected chi connectivity index (χ4v) is 3.94. The number of aliphatic hydroxyl groups excluding tert-OH is 1. The molecule has 2 aliphatic carbocycles. The van der Waals surface area contributed by atoms with Crippen molar-refractivity contribution in [3.8, 4) is 0 Å². The summed E-state index contributed by atoms with van der Waals surface area (Å²) in [4.78, 5) is 13.0. The molecule has 0 amide bonds. The summed E-state index contributed by atoms with van der Waals surface area (Å²) in [5.74, 6) is 1.98. The highest BCUT2D eigenvalue weighted by Gasteiger charge is 2.38. The smallest absolute Gasteiger partial charge is 0.129 e. The van der Waals surface area contributed by atoms with Gasteiger partial charge in [-0.1, -0.05) is 35.9 Å². The summed E-state index contributed by atoms with van der Waals surface area (Å²) < 4.78 is 1.98. The molecule has 2 aromatic heterocycles. The van der Waals surface area contributed by atoms with Crippen molar-refractivity contribution in [2.75, 3.05) is 12.4 Å². The van der Waals surface area contributed by atoms with Crippen molar-refractivity contribution in [2.45, 2.75) is 32.4 Å². The highest BCUT2D eigenvalue weighted by atomic mass is 16.3. The lowest BCUT2D eigenvalue weighted by Crippen LogP contribution is -2.18. The van der Waals surface area contributed by atoms with E-state index >= 15 is 0 Å². The Hall–Kier alpha value is -3.58. The van der Waals surface area contributed by atoms with E-state index in [0.29, 0.717) is 29.6 Å². The second-order valence-corrected chi connectivity index (χ2v) is 8.41. The number of nitrogens with one attached hydrogen (secondary N) is 2. The zero-order chi connectivity index (χ0) is 23.2. The lowest BCUT2D eigenvalue weighted by Gasteiger charge is -2.12. The van der Waals surface area contributed by atoms with E-state index in [0.717, 1.165) is 23.7 Å². The van der Waals surface area contributed by atoms with E-state index in [9.17, 15) is 5.11 Å². The van der Waals surface area contributed by atoms with Gasteiger partial charge in [0.2, 0.25) is 0 Å². The van der Waals surface area contributed by atoms with E-state index in [2.05, 4.69) is 44.7 Å². The van der Waals surface area contributed by atoms with Gasteiger partial charge in [-0.2, -0.15) is 0 Å². The molecule has 2 heterocycles. The summed E-state index contributed by atoms with van der Waals surface area (Å²) in [6.07, 6.45) is 19.8. The minimum atomic E-state index is -0.799. The highest BCUT2D eigenvalue weighted by molar-refractivity contribution is 5.94. The number of aliphatic hydroxyl groups is 1. The van der Waals surface area contributed by atoms with Crippen LogP contribution in [0.1, 0.15) is 31.2 Å². The number of hydrogen-bond acceptors (Lipinski definition) is 6. The third-order valence-corrected chi connectivity index (χ3v) is 5.79. The lowest BCUT2D eigenvalue weighted by atomic mass is 10.0. The summed E-state index contributed by atoms with van der Waals surface area (Å²) in [6.45, 7) is 1.69. The Kier molecular flexibility index (Phi) is 7.10. The van der Waals surface area contributed by atoms with Crippen LogP contribution in [-0.4, -0.2) is 44.8 Å². The molecule has 1 fully saturated rings. The Morgan fingerprint density at radius 3 is 3.12 bits per heavy atom. The maximum Gasteiger partial charge on any atom is 0.129 e. The van der Waals surface area contributed by atoms with Gasteiger partial charge in [0.15, 0.2) is 0 Å². The summed E-state index contributed by atoms with van der Waals surface area (Å²) in [5.41, 5.74) is 4.39. The standard InChI is InChI=1S/C26H30N6O/c1-18(27)24-9-5-10-25(30-24)31-26(33)11-4-8-22(12-13-28-2)32-16-21(29-17-32)14-19-6-3-7-20-15-23(19)20/h3-10,12-13,16-17,20,23,26-27,33H,11,14-15H2,1-2H3,(H,30,31)/b8-4+,22-12+,27-18?,28-13?. The van der Waals surface area contributed by atoms with Crippen LogP contribution in [0.3, 0.4) is 0 Å². The molecule has 1 saturated carbocycles. The van der Waals surface area contributed by atoms with E-state index in [1.807, 2.05) is 35.2 Å². The van der Waals surface area contributed by atoms with Crippen molar-refractivity contribution in [1.29, 1.82) is 5.41 Å². The van der Waals surface area contributed by atoms with Gasteiger partial charge in [0.25, 0.3) is 0 Å². The molecule has 0 aliphatic heterocycles. The van der Waals surface area contributed by atoms with E-state index in [4.69, 9.17) is 5.41 Å². The molecule has 3 N–H and O–H groups in total. The highest BCUT2D eigenvalue weighted by Crippen LogP contribution is 2.48. The van der Waals surface area contributed by atoms with Gasteiger partial charge in [-0.25, -0.2) is 9.97 Å². The molecular weight excluding hydrogens is 412 g/mol. The first kappa shape index (κ1) is 22.6. The number of rotatable bonds is 10. The van der Waals surface area contributed by atoms with Gasteiger partial charge in [-0.15, -0.1) is 0 Å². The molecule has 7 nitrogen and oxygen atoms in total. The molecule has 0 radical (unpaired) electrons. The minimum Gasteiger partial charge on any atom is -0.373 e. The summed E-state index contributed by atoms with van der Waals surface area (Å²) >= 11 is 0. The molecule has 170 valence electrons. The van der Waals surface area contributed by atoms with Gasteiger partial charge in [0.1, 0.15) is 12.0 Å². The third-order valence-electron chi connectivity index (χ3n) is 5.79. The molecule has 0 bridgehead atoms. The van der Waals surface area contributed by atoms with Gasteiger partial charge in [0, 0.05) is 38.0 Å². The van der Waals surface area contributed by atoms with Gasteiger partial charge in [-0.3, -0.25) is 4.99 Å².